The average Bonchev–Trinajstić information content (AvgIpc) is 2.55. The predicted molar refractivity (Wildman–Crippen MR) is 86.2 cm³/mol. The summed E-state index contributed by atoms with van der Waals surface area (Å²) < 4.78 is 0. The van der Waals surface area contributed by atoms with E-state index in [0.717, 1.165) is 18.5 Å². The summed E-state index contributed by atoms with van der Waals surface area (Å²) in [5.74, 6) is 0.622. The summed E-state index contributed by atoms with van der Waals surface area (Å²) in [6.45, 7) is 1.05. The lowest BCUT2D eigenvalue weighted by Gasteiger charge is -2.27. The summed E-state index contributed by atoms with van der Waals surface area (Å²) in [6, 6.07) is 16.8. The number of benzene rings is 2. The normalized spacial score (nSPS) is 17.0. The van der Waals surface area contributed by atoms with Gasteiger partial charge in [-0.05, 0) is 66.6 Å². The maximum absolute atomic E-state index is 8.93. The SMILES string of the molecule is CNCC1CCCc2c(-c3ccc(C#N)cc3)cccc21. The monoisotopic (exact) mass is 276 g/mol. The first-order valence-corrected chi connectivity index (χ1v) is 7.60. The fraction of sp³-hybridized carbons (Fsp3) is 0.316. The molecule has 0 fully saturated rings. The number of hydrogen-bond donors (Lipinski definition) is 1. The van der Waals surface area contributed by atoms with Gasteiger partial charge < -0.3 is 5.32 Å². The number of nitrogens with zero attached hydrogens (tertiary/aromatic N) is 1. The van der Waals surface area contributed by atoms with Crippen molar-refractivity contribution in [3.63, 3.8) is 0 Å². The molecule has 1 N–H and O–H groups in total. The van der Waals surface area contributed by atoms with Gasteiger partial charge in [-0.3, -0.25) is 0 Å². The van der Waals surface area contributed by atoms with Gasteiger partial charge in [-0.1, -0.05) is 30.3 Å². The Kier molecular flexibility index (Phi) is 4.03. The summed E-state index contributed by atoms with van der Waals surface area (Å²) >= 11 is 0. The van der Waals surface area contributed by atoms with Crippen LogP contribution >= 0.6 is 0 Å². The zero-order chi connectivity index (χ0) is 14.7. The molecule has 21 heavy (non-hydrogen) atoms. The van der Waals surface area contributed by atoms with Crippen molar-refractivity contribution in [2.75, 3.05) is 13.6 Å². The summed E-state index contributed by atoms with van der Waals surface area (Å²) in [5, 5.41) is 12.2. The second kappa shape index (κ2) is 6.11. The first kappa shape index (κ1) is 13.9. The Morgan fingerprint density at radius 1 is 1.19 bits per heavy atom. The van der Waals surface area contributed by atoms with Crippen molar-refractivity contribution < 1.29 is 0 Å². The van der Waals surface area contributed by atoms with Crippen molar-refractivity contribution in [3.05, 3.63) is 59.2 Å². The van der Waals surface area contributed by atoms with Gasteiger partial charge in [0, 0.05) is 6.54 Å². The molecular weight excluding hydrogens is 256 g/mol. The largest absolute Gasteiger partial charge is 0.319 e. The van der Waals surface area contributed by atoms with Gasteiger partial charge >= 0.3 is 0 Å². The lowest BCUT2D eigenvalue weighted by molar-refractivity contribution is 0.529. The molecule has 2 heteroatoms. The van der Waals surface area contributed by atoms with Gasteiger partial charge in [-0.15, -0.1) is 0 Å². The molecule has 0 aliphatic heterocycles. The molecule has 1 atom stereocenters. The average molecular weight is 276 g/mol. The van der Waals surface area contributed by atoms with Crippen LogP contribution in [0.15, 0.2) is 42.5 Å². The Hall–Kier alpha value is -2.11. The van der Waals surface area contributed by atoms with Crippen LogP contribution in [0.1, 0.15) is 35.4 Å². The van der Waals surface area contributed by atoms with Crippen molar-refractivity contribution in [3.8, 4) is 17.2 Å². The number of hydrogen-bond acceptors (Lipinski definition) is 2. The summed E-state index contributed by atoms with van der Waals surface area (Å²) in [6.07, 6.45) is 3.68. The van der Waals surface area contributed by atoms with Crippen LogP contribution in [-0.4, -0.2) is 13.6 Å². The number of rotatable bonds is 3. The minimum atomic E-state index is 0.622. The van der Waals surface area contributed by atoms with Crippen LogP contribution in [0.5, 0.6) is 0 Å². The maximum Gasteiger partial charge on any atom is 0.0991 e. The molecular formula is C19H20N2. The Morgan fingerprint density at radius 2 is 2.00 bits per heavy atom. The van der Waals surface area contributed by atoms with E-state index in [0.29, 0.717) is 5.92 Å². The minimum absolute atomic E-state index is 0.622. The molecule has 0 aromatic heterocycles. The summed E-state index contributed by atoms with van der Waals surface area (Å²) in [4.78, 5) is 0. The lowest BCUT2D eigenvalue weighted by Crippen LogP contribution is -2.21. The highest BCUT2D eigenvalue weighted by Crippen LogP contribution is 2.37. The van der Waals surface area contributed by atoms with E-state index >= 15 is 0 Å². The van der Waals surface area contributed by atoms with Crippen LogP contribution in [0.4, 0.5) is 0 Å². The van der Waals surface area contributed by atoms with E-state index in [9.17, 15) is 0 Å². The Morgan fingerprint density at radius 3 is 2.71 bits per heavy atom. The van der Waals surface area contributed by atoms with Gasteiger partial charge in [0.25, 0.3) is 0 Å². The topological polar surface area (TPSA) is 35.8 Å². The third-order valence-corrected chi connectivity index (χ3v) is 4.41. The third kappa shape index (κ3) is 2.70. The lowest BCUT2D eigenvalue weighted by atomic mass is 9.79. The summed E-state index contributed by atoms with van der Waals surface area (Å²) in [5.41, 5.74) is 6.26. The first-order chi connectivity index (χ1) is 10.3. The van der Waals surface area contributed by atoms with Gasteiger partial charge in [0.05, 0.1) is 11.6 Å². The van der Waals surface area contributed by atoms with E-state index in [2.05, 4.69) is 41.7 Å². The summed E-state index contributed by atoms with van der Waals surface area (Å²) in [7, 11) is 2.03. The van der Waals surface area contributed by atoms with Crippen molar-refractivity contribution in [2.24, 2.45) is 0 Å². The fourth-order valence-electron chi connectivity index (χ4n) is 3.40. The quantitative estimate of drug-likeness (QED) is 0.924. The molecule has 0 spiro atoms. The second-order valence-electron chi connectivity index (χ2n) is 5.71. The van der Waals surface area contributed by atoms with E-state index in [4.69, 9.17) is 5.26 Å². The van der Waals surface area contributed by atoms with Crippen LogP contribution in [-0.2, 0) is 6.42 Å². The molecule has 1 aliphatic rings. The second-order valence-corrected chi connectivity index (χ2v) is 5.71. The van der Waals surface area contributed by atoms with Gasteiger partial charge in [0.15, 0.2) is 0 Å². The fourth-order valence-corrected chi connectivity index (χ4v) is 3.40. The molecule has 0 saturated heterocycles. The van der Waals surface area contributed by atoms with Crippen LogP contribution in [0.3, 0.4) is 0 Å². The van der Waals surface area contributed by atoms with Crippen molar-refractivity contribution in [1.29, 1.82) is 5.26 Å². The molecule has 2 aromatic carbocycles. The number of nitrogens with one attached hydrogen (secondary N) is 1. The molecule has 0 saturated carbocycles. The zero-order valence-corrected chi connectivity index (χ0v) is 12.4. The van der Waals surface area contributed by atoms with E-state index in [-0.39, 0.29) is 0 Å². The van der Waals surface area contributed by atoms with Crippen LogP contribution in [0, 0.1) is 11.3 Å². The molecule has 1 unspecified atom stereocenters. The van der Waals surface area contributed by atoms with E-state index in [1.165, 1.54) is 35.1 Å². The van der Waals surface area contributed by atoms with Crippen molar-refractivity contribution in [1.82, 2.24) is 5.32 Å². The van der Waals surface area contributed by atoms with Crippen LogP contribution < -0.4 is 5.32 Å². The predicted octanol–water partition coefficient (Wildman–Crippen LogP) is 3.86. The highest BCUT2D eigenvalue weighted by molar-refractivity contribution is 5.70. The van der Waals surface area contributed by atoms with Crippen molar-refractivity contribution >= 4 is 0 Å². The number of fused-ring (bicyclic) bond motifs is 1. The number of nitriles is 1. The van der Waals surface area contributed by atoms with Gasteiger partial charge in [0.1, 0.15) is 0 Å². The zero-order valence-electron chi connectivity index (χ0n) is 12.4. The van der Waals surface area contributed by atoms with E-state index < -0.39 is 0 Å². The van der Waals surface area contributed by atoms with Crippen LogP contribution in [0.2, 0.25) is 0 Å². The highest BCUT2D eigenvalue weighted by atomic mass is 14.8. The Bertz CT molecular complexity index is 665. The van der Waals surface area contributed by atoms with Gasteiger partial charge in [-0.2, -0.15) is 5.26 Å². The van der Waals surface area contributed by atoms with Crippen LogP contribution in [0.25, 0.3) is 11.1 Å². The third-order valence-electron chi connectivity index (χ3n) is 4.41. The first-order valence-electron chi connectivity index (χ1n) is 7.60. The van der Waals surface area contributed by atoms with Crippen molar-refractivity contribution in [2.45, 2.75) is 25.2 Å². The van der Waals surface area contributed by atoms with Gasteiger partial charge in [-0.25, -0.2) is 0 Å². The van der Waals surface area contributed by atoms with E-state index in [1.807, 2.05) is 19.2 Å². The Labute approximate surface area is 126 Å². The number of likely N-dealkylation sites (N-methyl/N-ethyl adjacent to an activating group) is 1. The maximum atomic E-state index is 8.93. The molecule has 2 aromatic rings. The standard InChI is InChI=1S/C19H20N2/c1-21-13-16-4-2-7-19-17(5-3-6-18(16)19)15-10-8-14(12-20)9-11-15/h3,5-6,8-11,16,21H,2,4,7,13H2,1H3. The molecule has 0 heterocycles. The molecule has 1 aliphatic carbocycles. The minimum Gasteiger partial charge on any atom is -0.319 e. The molecule has 106 valence electrons. The highest BCUT2D eigenvalue weighted by Gasteiger charge is 2.21. The smallest absolute Gasteiger partial charge is 0.0991 e. The molecule has 2 nitrogen and oxygen atoms in total. The van der Waals surface area contributed by atoms with E-state index in [1.54, 1.807) is 0 Å². The molecule has 0 bridgehead atoms. The molecule has 0 radical (unpaired) electrons. The molecule has 3 rings (SSSR count). The van der Waals surface area contributed by atoms with Gasteiger partial charge in [0.2, 0.25) is 0 Å². The Balaban J connectivity index is 2.03. The molecule has 0 amide bonds.